The number of aliphatic hydroxyl groups is 1. The molecule has 0 bridgehead atoms. The lowest BCUT2D eigenvalue weighted by molar-refractivity contribution is -0.107. The Bertz CT molecular complexity index is 162. The van der Waals surface area contributed by atoms with Gasteiger partial charge >= 0.3 is 0 Å². The van der Waals surface area contributed by atoms with E-state index >= 15 is 0 Å². The SMILES string of the molecule is CC(C)C(C)(O)COC1CC(N)C1. The first kappa shape index (κ1) is 11.0. The van der Waals surface area contributed by atoms with Gasteiger partial charge in [-0.25, -0.2) is 0 Å². The molecule has 0 amide bonds. The quantitative estimate of drug-likeness (QED) is 0.687. The summed E-state index contributed by atoms with van der Waals surface area (Å²) in [4.78, 5) is 0. The van der Waals surface area contributed by atoms with Crippen LogP contribution in [-0.2, 0) is 4.74 Å². The Hall–Kier alpha value is -0.120. The lowest BCUT2D eigenvalue weighted by atomic mass is 9.89. The van der Waals surface area contributed by atoms with E-state index in [1.165, 1.54) is 0 Å². The van der Waals surface area contributed by atoms with E-state index in [9.17, 15) is 5.11 Å². The summed E-state index contributed by atoms with van der Waals surface area (Å²) in [6.07, 6.45) is 2.16. The van der Waals surface area contributed by atoms with E-state index in [1.807, 2.05) is 20.8 Å². The van der Waals surface area contributed by atoms with Gasteiger partial charge in [0.25, 0.3) is 0 Å². The number of hydrogen-bond acceptors (Lipinski definition) is 3. The first-order valence-electron chi connectivity index (χ1n) is 5.01. The monoisotopic (exact) mass is 187 g/mol. The molecule has 1 saturated carbocycles. The summed E-state index contributed by atoms with van der Waals surface area (Å²) in [6.45, 7) is 6.23. The fourth-order valence-corrected chi connectivity index (χ4v) is 1.20. The van der Waals surface area contributed by atoms with Gasteiger partial charge in [0.2, 0.25) is 0 Å². The van der Waals surface area contributed by atoms with Gasteiger partial charge in [0.1, 0.15) is 0 Å². The van der Waals surface area contributed by atoms with E-state index in [4.69, 9.17) is 10.5 Å². The Morgan fingerprint density at radius 3 is 2.46 bits per heavy atom. The van der Waals surface area contributed by atoms with Crippen LogP contribution in [0.2, 0.25) is 0 Å². The number of hydrogen-bond donors (Lipinski definition) is 2. The highest BCUT2D eigenvalue weighted by atomic mass is 16.5. The van der Waals surface area contributed by atoms with E-state index < -0.39 is 5.60 Å². The van der Waals surface area contributed by atoms with E-state index in [0.29, 0.717) is 12.6 Å². The van der Waals surface area contributed by atoms with Crippen molar-refractivity contribution in [2.75, 3.05) is 6.61 Å². The summed E-state index contributed by atoms with van der Waals surface area (Å²) in [5, 5.41) is 9.87. The van der Waals surface area contributed by atoms with Crippen molar-refractivity contribution in [3.05, 3.63) is 0 Å². The highest BCUT2D eigenvalue weighted by molar-refractivity contribution is 4.84. The smallest absolute Gasteiger partial charge is 0.0875 e. The van der Waals surface area contributed by atoms with Crippen molar-refractivity contribution in [2.45, 2.75) is 51.4 Å². The molecule has 3 heteroatoms. The largest absolute Gasteiger partial charge is 0.388 e. The van der Waals surface area contributed by atoms with Gasteiger partial charge in [0, 0.05) is 6.04 Å². The van der Waals surface area contributed by atoms with Gasteiger partial charge in [0.15, 0.2) is 0 Å². The summed E-state index contributed by atoms with van der Waals surface area (Å²) < 4.78 is 5.54. The molecule has 13 heavy (non-hydrogen) atoms. The molecule has 1 rings (SSSR count). The van der Waals surface area contributed by atoms with Crippen molar-refractivity contribution in [2.24, 2.45) is 11.7 Å². The molecule has 0 saturated heterocycles. The van der Waals surface area contributed by atoms with Crippen LogP contribution in [0.25, 0.3) is 0 Å². The molecule has 0 radical (unpaired) electrons. The normalized spacial score (nSPS) is 32.8. The van der Waals surface area contributed by atoms with Crippen molar-refractivity contribution in [1.29, 1.82) is 0 Å². The highest BCUT2D eigenvalue weighted by Crippen LogP contribution is 2.24. The van der Waals surface area contributed by atoms with Crippen molar-refractivity contribution in [1.82, 2.24) is 0 Å². The average molecular weight is 187 g/mol. The lowest BCUT2D eigenvalue weighted by Crippen LogP contribution is -2.45. The number of ether oxygens (including phenoxy) is 1. The first-order valence-corrected chi connectivity index (χ1v) is 5.01. The van der Waals surface area contributed by atoms with E-state index in [0.717, 1.165) is 12.8 Å². The van der Waals surface area contributed by atoms with Crippen molar-refractivity contribution >= 4 is 0 Å². The average Bonchev–Trinajstić information content (AvgIpc) is 1.95. The van der Waals surface area contributed by atoms with Gasteiger partial charge in [-0.05, 0) is 25.7 Å². The van der Waals surface area contributed by atoms with Gasteiger partial charge in [-0.1, -0.05) is 13.8 Å². The minimum absolute atomic E-state index is 0.223. The minimum atomic E-state index is -0.709. The van der Waals surface area contributed by atoms with E-state index in [-0.39, 0.29) is 12.0 Å². The van der Waals surface area contributed by atoms with Crippen LogP contribution in [0, 0.1) is 5.92 Å². The zero-order valence-corrected chi connectivity index (χ0v) is 8.79. The maximum atomic E-state index is 9.87. The van der Waals surface area contributed by atoms with Gasteiger partial charge in [-0.15, -0.1) is 0 Å². The molecule has 0 spiro atoms. The van der Waals surface area contributed by atoms with Crippen LogP contribution in [0.4, 0.5) is 0 Å². The zero-order valence-electron chi connectivity index (χ0n) is 8.79. The van der Waals surface area contributed by atoms with Crippen LogP contribution in [-0.4, -0.2) is 29.5 Å². The third-order valence-corrected chi connectivity index (χ3v) is 2.99. The van der Waals surface area contributed by atoms with E-state index in [1.54, 1.807) is 0 Å². The maximum absolute atomic E-state index is 9.87. The summed E-state index contributed by atoms with van der Waals surface area (Å²) in [6, 6.07) is 0.314. The van der Waals surface area contributed by atoms with Gasteiger partial charge in [-0.3, -0.25) is 0 Å². The fourth-order valence-electron chi connectivity index (χ4n) is 1.20. The molecule has 0 aromatic heterocycles. The Labute approximate surface area is 80.3 Å². The fraction of sp³-hybridized carbons (Fsp3) is 1.00. The second kappa shape index (κ2) is 3.95. The van der Waals surface area contributed by atoms with E-state index in [2.05, 4.69) is 0 Å². The van der Waals surface area contributed by atoms with Crippen molar-refractivity contribution in [3.63, 3.8) is 0 Å². The Balaban J connectivity index is 2.18. The summed E-state index contributed by atoms with van der Waals surface area (Å²) in [7, 11) is 0. The molecule has 0 aromatic carbocycles. The second-order valence-electron chi connectivity index (χ2n) is 4.68. The molecule has 0 aromatic rings. The van der Waals surface area contributed by atoms with Gasteiger partial charge in [0.05, 0.1) is 18.3 Å². The maximum Gasteiger partial charge on any atom is 0.0875 e. The summed E-state index contributed by atoms with van der Waals surface area (Å²) in [5.41, 5.74) is 4.92. The highest BCUT2D eigenvalue weighted by Gasteiger charge is 2.31. The van der Waals surface area contributed by atoms with Crippen LogP contribution in [0.5, 0.6) is 0 Å². The third-order valence-electron chi connectivity index (χ3n) is 2.99. The second-order valence-corrected chi connectivity index (χ2v) is 4.68. The molecule has 3 nitrogen and oxygen atoms in total. The van der Waals surface area contributed by atoms with Crippen LogP contribution in [0.3, 0.4) is 0 Å². The molecule has 1 atom stereocenters. The molecule has 1 aliphatic carbocycles. The van der Waals surface area contributed by atoms with Gasteiger partial charge < -0.3 is 15.6 Å². The molecule has 1 aliphatic rings. The Kier molecular flexibility index (Phi) is 3.33. The molecule has 1 unspecified atom stereocenters. The molecular formula is C10H21NO2. The van der Waals surface area contributed by atoms with Crippen molar-refractivity contribution in [3.8, 4) is 0 Å². The van der Waals surface area contributed by atoms with Crippen LogP contribution < -0.4 is 5.73 Å². The zero-order chi connectivity index (χ0) is 10.1. The number of nitrogens with two attached hydrogens (primary N) is 1. The molecule has 3 N–H and O–H groups in total. The summed E-state index contributed by atoms with van der Waals surface area (Å²) >= 11 is 0. The standard InChI is InChI=1S/C10H21NO2/c1-7(2)10(3,12)6-13-9-4-8(11)5-9/h7-9,12H,4-6,11H2,1-3H3. The first-order chi connectivity index (χ1) is 5.92. The lowest BCUT2D eigenvalue weighted by Gasteiger charge is -2.36. The minimum Gasteiger partial charge on any atom is -0.388 e. The predicted molar refractivity (Wildman–Crippen MR) is 52.4 cm³/mol. The Morgan fingerprint density at radius 2 is 2.08 bits per heavy atom. The third kappa shape index (κ3) is 2.93. The van der Waals surface area contributed by atoms with Crippen LogP contribution in [0.1, 0.15) is 33.6 Å². The molecule has 0 heterocycles. The van der Waals surface area contributed by atoms with Crippen LogP contribution >= 0.6 is 0 Å². The molecule has 0 aliphatic heterocycles. The topological polar surface area (TPSA) is 55.5 Å². The Morgan fingerprint density at radius 1 is 1.54 bits per heavy atom. The van der Waals surface area contributed by atoms with Gasteiger partial charge in [-0.2, -0.15) is 0 Å². The predicted octanol–water partition coefficient (Wildman–Crippen LogP) is 0.900. The summed E-state index contributed by atoms with van der Waals surface area (Å²) in [5.74, 6) is 0.223. The van der Waals surface area contributed by atoms with Crippen molar-refractivity contribution < 1.29 is 9.84 Å². The molecular weight excluding hydrogens is 166 g/mol. The molecule has 78 valence electrons. The molecule has 1 fully saturated rings. The number of rotatable bonds is 4. The van der Waals surface area contributed by atoms with Crippen LogP contribution in [0.15, 0.2) is 0 Å².